The molecular formula is C39H22F6NO5W-. The van der Waals surface area contributed by atoms with Gasteiger partial charge in [-0.3, -0.25) is 4.79 Å². The van der Waals surface area contributed by atoms with Crippen LogP contribution in [0.1, 0.15) is 27.0 Å². The van der Waals surface area contributed by atoms with E-state index in [9.17, 15) is 41.0 Å². The van der Waals surface area contributed by atoms with Crippen LogP contribution in [0.4, 0.5) is 32.0 Å². The summed E-state index contributed by atoms with van der Waals surface area (Å²) in [5, 5.41) is 25.1. The Morgan fingerprint density at radius 1 is 0.673 bits per heavy atom. The number of hydrogen-bond acceptors (Lipinski definition) is 4. The van der Waals surface area contributed by atoms with Gasteiger partial charge >= 0.3 is 18.3 Å². The van der Waals surface area contributed by atoms with Gasteiger partial charge in [0.1, 0.15) is 17.2 Å². The Morgan fingerprint density at radius 2 is 1.23 bits per heavy atom. The van der Waals surface area contributed by atoms with Crippen LogP contribution in [-0.2, 0) is 44.6 Å². The zero-order valence-electron chi connectivity index (χ0n) is 26.3. The fraction of sp³-hybridized carbons (Fsp3) is 0.0769. The molecule has 1 heterocycles. The summed E-state index contributed by atoms with van der Waals surface area (Å²) in [6.07, 6.45) is -9.48. The van der Waals surface area contributed by atoms with Crippen molar-refractivity contribution in [3.63, 3.8) is 0 Å². The van der Waals surface area contributed by atoms with E-state index in [1.165, 1.54) is 60.7 Å². The van der Waals surface area contributed by atoms with Gasteiger partial charge in [0.25, 0.3) is 0 Å². The predicted molar refractivity (Wildman–Crippen MR) is 177 cm³/mol. The standard InChI is InChI=1S/C39H23F6NO5.W/c40-38(41,42)23-11-7-21(8-12-23)27-19-30(47)34-29(37(50)46-25-15-5-20(6-16-25)17-32(48)49)18-28(22-9-13-24(14-10-22)39(43,44)45)36-35(34)33(27)26-3-1-2-4-31(26)51-36;/h1-16,18-19H,17H2,(H3,46,47,48,49,50);/p-1. The van der Waals surface area contributed by atoms with Gasteiger partial charge in [0.15, 0.2) is 0 Å². The number of carbonyl (C=O) groups is 2. The first kappa shape index (κ1) is 36.2. The molecular weight excluding hydrogens is 860 g/mol. The third kappa shape index (κ3) is 6.73. The number of para-hydroxylation sites is 1. The predicted octanol–water partition coefficient (Wildman–Crippen LogP) is 11.2. The van der Waals surface area contributed by atoms with Crippen LogP contribution >= 0.6 is 0 Å². The second-order valence-corrected chi connectivity index (χ2v) is 11.8. The van der Waals surface area contributed by atoms with E-state index in [2.05, 4.69) is 5.32 Å². The van der Waals surface area contributed by atoms with E-state index in [-0.39, 0.29) is 66.4 Å². The SMILES string of the molecule is O=C(O)Cc1ccc([N-]C(=O)c2cc(-c3ccc(C(F)(F)F)cc3)c3c4c(c(-c5ccc(C(F)(F)F)cc5)cc(O)c24)-c2ccccc2O3)cc1.[W]. The van der Waals surface area contributed by atoms with Crippen LogP contribution in [0, 0.1) is 0 Å². The maximum atomic E-state index is 14.0. The first-order valence-corrected chi connectivity index (χ1v) is 15.2. The fourth-order valence-electron chi connectivity index (χ4n) is 6.17. The monoisotopic (exact) mass is 882 g/mol. The van der Waals surface area contributed by atoms with Crippen molar-refractivity contribution in [2.45, 2.75) is 18.8 Å². The Hall–Kier alpha value is -5.61. The molecule has 0 saturated carbocycles. The number of carboxylic acid groups (broad SMARTS) is 1. The molecule has 262 valence electrons. The zero-order valence-corrected chi connectivity index (χ0v) is 29.3. The van der Waals surface area contributed by atoms with E-state index in [0.717, 1.165) is 24.3 Å². The molecule has 0 atom stereocenters. The Bertz CT molecular complexity index is 2360. The normalized spacial score (nSPS) is 12.0. The minimum Gasteiger partial charge on any atom is -0.623 e. The number of halogens is 6. The number of carboxylic acids is 1. The molecule has 13 heteroatoms. The van der Waals surface area contributed by atoms with E-state index in [0.29, 0.717) is 33.6 Å². The number of phenols is 1. The van der Waals surface area contributed by atoms with Crippen molar-refractivity contribution in [3.8, 4) is 50.6 Å². The number of alkyl halides is 6. The molecule has 6 aromatic carbocycles. The van der Waals surface area contributed by atoms with Crippen molar-refractivity contribution in [1.82, 2.24) is 0 Å². The van der Waals surface area contributed by atoms with E-state index < -0.39 is 41.1 Å². The molecule has 0 spiro atoms. The number of nitrogens with zero attached hydrogens (tertiary/aromatic N) is 1. The third-order valence-electron chi connectivity index (χ3n) is 8.50. The summed E-state index contributed by atoms with van der Waals surface area (Å²) in [5.74, 6) is -1.91. The topological polar surface area (TPSA) is 97.9 Å². The number of benzene rings is 6. The largest absolute Gasteiger partial charge is 0.623 e. The van der Waals surface area contributed by atoms with Crippen molar-refractivity contribution in [2.24, 2.45) is 0 Å². The molecule has 0 aromatic heterocycles. The number of hydrogen-bond donors (Lipinski definition) is 2. The summed E-state index contributed by atoms with van der Waals surface area (Å²) in [6.45, 7) is 0. The maximum absolute atomic E-state index is 14.0. The molecule has 1 amide bonds. The molecule has 2 N–H and O–H groups in total. The molecule has 0 fully saturated rings. The molecule has 0 saturated heterocycles. The van der Waals surface area contributed by atoms with Gasteiger partial charge in [-0.2, -0.15) is 26.3 Å². The van der Waals surface area contributed by atoms with Crippen LogP contribution in [0.15, 0.2) is 109 Å². The number of amides is 1. The van der Waals surface area contributed by atoms with Crippen LogP contribution in [0.2, 0.25) is 0 Å². The Balaban J connectivity index is 0.00000464. The fourth-order valence-corrected chi connectivity index (χ4v) is 6.17. The number of carbonyl (C=O) groups excluding carboxylic acids is 1. The average molecular weight is 882 g/mol. The Morgan fingerprint density at radius 3 is 1.79 bits per heavy atom. The van der Waals surface area contributed by atoms with E-state index in [1.54, 1.807) is 24.3 Å². The summed E-state index contributed by atoms with van der Waals surface area (Å²) < 4.78 is 87.3. The van der Waals surface area contributed by atoms with Crippen molar-refractivity contribution in [1.29, 1.82) is 0 Å². The molecule has 0 unspecified atom stereocenters. The first-order valence-electron chi connectivity index (χ1n) is 15.2. The van der Waals surface area contributed by atoms with Gasteiger partial charge in [-0.15, -0.1) is 5.69 Å². The molecule has 1 aliphatic rings. The first-order chi connectivity index (χ1) is 24.2. The van der Waals surface area contributed by atoms with Crippen LogP contribution in [0.5, 0.6) is 17.2 Å². The molecule has 7 rings (SSSR count). The van der Waals surface area contributed by atoms with Gasteiger partial charge < -0.3 is 25.1 Å². The Kier molecular flexibility index (Phi) is 9.40. The number of fused-ring (bicyclic) bond motifs is 2. The minimum absolute atomic E-state index is 0. The summed E-state index contributed by atoms with van der Waals surface area (Å²) >= 11 is 0. The van der Waals surface area contributed by atoms with Gasteiger partial charge in [0.05, 0.1) is 23.5 Å². The van der Waals surface area contributed by atoms with Gasteiger partial charge in [0.2, 0.25) is 0 Å². The van der Waals surface area contributed by atoms with Crippen molar-refractivity contribution >= 4 is 28.3 Å². The number of ether oxygens (including phenoxy) is 1. The molecule has 0 radical (unpaired) electrons. The quantitative estimate of drug-likeness (QED) is 0.162. The smallest absolute Gasteiger partial charge is 0.416 e. The number of rotatable bonds is 6. The van der Waals surface area contributed by atoms with Gasteiger partial charge in [-0.05, 0) is 64.7 Å². The van der Waals surface area contributed by atoms with Crippen LogP contribution in [0.3, 0.4) is 0 Å². The molecule has 6 aromatic rings. The summed E-state index contributed by atoms with van der Waals surface area (Å²) in [7, 11) is 0. The van der Waals surface area contributed by atoms with Crippen LogP contribution in [-0.4, -0.2) is 22.1 Å². The molecule has 1 aliphatic heterocycles. The summed E-state index contributed by atoms with van der Waals surface area (Å²) in [6, 6.07) is 23.8. The van der Waals surface area contributed by atoms with Gasteiger partial charge in [-0.1, -0.05) is 66.7 Å². The second kappa shape index (κ2) is 13.5. The number of phenolic OH excluding ortho intramolecular Hbond substituents is 1. The second-order valence-electron chi connectivity index (χ2n) is 11.8. The van der Waals surface area contributed by atoms with Crippen LogP contribution in [0.25, 0.3) is 49.5 Å². The summed E-state index contributed by atoms with van der Waals surface area (Å²) in [5.41, 5.74) is 0.607. The molecule has 0 aliphatic carbocycles. The number of aromatic hydroxyl groups is 1. The third-order valence-corrected chi connectivity index (χ3v) is 8.50. The van der Waals surface area contributed by atoms with Crippen molar-refractivity contribution in [2.75, 3.05) is 0 Å². The van der Waals surface area contributed by atoms with Gasteiger partial charge in [0, 0.05) is 54.1 Å². The van der Waals surface area contributed by atoms with Gasteiger partial charge in [-0.25, -0.2) is 0 Å². The van der Waals surface area contributed by atoms with Crippen LogP contribution < -0.4 is 4.74 Å². The zero-order chi connectivity index (χ0) is 36.2. The van der Waals surface area contributed by atoms with Crippen molar-refractivity contribution in [3.05, 3.63) is 137 Å². The van der Waals surface area contributed by atoms with E-state index in [1.807, 2.05) is 0 Å². The van der Waals surface area contributed by atoms with E-state index in [4.69, 9.17) is 9.84 Å². The maximum Gasteiger partial charge on any atom is 0.416 e. The molecule has 0 bridgehead atoms. The number of aliphatic carboxylic acids is 1. The minimum atomic E-state index is -4.62. The summed E-state index contributed by atoms with van der Waals surface area (Å²) in [4.78, 5) is 25.1. The van der Waals surface area contributed by atoms with E-state index >= 15 is 0 Å². The average Bonchev–Trinajstić information content (AvgIpc) is 3.09. The molecule has 52 heavy (non-hydrogen) atoms. The Labute approximate surface area is 305 Å². The molecule has 6 nitrogen and oxygen atoms in total. The van der Waals surface area contributed by atoms with Crippen molar-refractivity contribution < 1.29 is 71.9 Å².